The minimum absolute atomic E-state index is 0.242. The number of fused-ring (bicyclic) bond motifs is 2. The van der Waals surface area contributed by atoms with Gasteiger partial charge >= 0.3 is 0 Å². The Hall–Kier alpha value is -3.28. The topological polar surface area (TPSA) is 34.6 Å². The van der Waals surface area contributed by atoms with Gasteiger partial charge in [0.25, 0.3) is 0 Å². The van der Waals surface area contributed by atoms with Crippen LogP contribution in [-0.4, -0.2) is 9.97 Å². The summed E-state index contributed by atoms with van der Waals surface area (Å²) in [6.07, 6.45) is 0. The van der Waals surface area contributed by atoms with E-state index in [9.17, 15) is 0 Å². The first-order chi connectivity index (χ1) is 15.9. The molecule has 5 heteroatoms. The fraction of sp³-hybridized carbons (Fsp3) is 0.214. The van der Waals surface area contributed by atoms with Crippen molar-refractivity contribution in [2.45, 2.75) is 39.4 Å². The van der Waals surface area contributed by atoms with E-state index >= 15 is 0 Å². The average Bonchev–Trinajstić information content (AvgIpc) is 3.03. The first-order valence-electron chi connectivity index (χ1n) is 11.1. The van der Waals surface area contributed by atoms with E-state index in [-0.39, 0.29) is 5.41 Å². The highest BCUT2D eigenvalue weighted by atomic mass is 32.1. The fourth-order valence-electron chi connectivity index (χ4n) is 4.24. The van der Waals surface area contributed by atoms with Gasteiger partial charge in [0, 0.05) is 10.8 Å². The van der Waals surface area contributed by atoms with E-state index in [0.717, 1.165) is 44.1 Å². The fourth-order valence-corrected chi connectivity index (χ4v) is 4.49. The minimum Gasteiger partial charge on any atom is -0.487 e. The van der Waals surface area contributed by atoms with Crippen molar-refractivity contribution < 1.29 is 9.57 Å². The van der Waals surface area contributed by atoms with Crippen LogP contribution in [0.3, 0.4) is 0 Å². The summed E-state index contributed by atoms with van der Waals surface area (Å²) in [5.41, 5.74) is 6.05. The first-order valence-corrected chi connectivity index (χ1v) is 11.5. The van der Waals surface area contributed by atoms with Crippen LogP contribution in [0.25, 0.3) is 10.9 Å². The third kappa shape index (κ3) is 4.10. The summed E-state index contributed by atoms with van der Waals surface area (Å²) in [5, 5.41) is 2.95. The number of pyridine rings is 1. The van der Waals surface area contributed by atoms with Crippen molar-refractivity contribution in [1.82, 2.24) is 4.98 Å². The molecule has 4 nitrogen and oxygen atoms in total. The molecule has 0 N–H and O–H groups in total. The van der Waals surface area contributed by atoms with Crippen molar-refractivity contribution in [2.24, 2.45) is 0 Å². The van der Waals surface area contributed by atoms with Crippen LogP contribution >= 0.6 is 12.2 Å². The zero-order valence-electron chi connectivity index (χ0n) is 19.0. The predicted octanol–water partition coefficient (Wildman–Crippen LogP) is 6.68. The normalized spacial score (nSPS) is 14.5. The lowest BCUT2D eigenvalue weighted by Gasteiger charge is -2.23. The molecule has 3 aromatic carbocycles. The minimum atomic E-state index is -0.242. The zero-order chi connectivity index (χ0) is 23.0. The predicted molar refractivity (Wildman–Crippen MR) is 137 cm³/mol. The lowest BCUT2D eigenvalue weighted by molar-refractivity contribution is 0.130. The molecule has 166 valence electrons. The van der Waals surface area contributed by atoms with E-state index in [1.54, 1.807) is 0 Å². The van der Waals surface area contributed by atoms with Crippen LogP contribution in [0.2, 0.25) is 0 Å². The Bertz CT molecular complexity index is 1350. The summed E-state index contributed by atoms with van der Waals surface area (Å²) in [6.45, 7) is 7.19. The van der Waals surface area contributed by atoms with Gasteiger partial charge in [0.2, 0.25) is 0 Å². The second-order valence-corrected chi connectivity index (χ2v) is 9.29. The van der Waals surface area contributed by atoms with Crippen LogP contribution in [-0.2, 0) is 23.5 Å². The van der Waals surface area contributed by atoms with Gasteiger partial charge in [-0.2, -0.15) is 0 Å². The smallest absolute Gasteiger partial charge is 0.130 e. The molecule has 0 fully saturated rings. The molecule has 0 radical (unpaired) electrons. The Morgan fingerprint density at radius 3 is 2.61 bits per heavy atom. The highest BCUT2D eigenvalue weighted by Crippen LogP contribution is 2.44. The Morgan fingerprint density at radius 2 is 1.73 bits per heavy atom. The monoisotopic (exact) mass is 454 g/mol. The van der Waals surface area contributed by atoms with Crippen molar-refractivity contribution in [3.05, 3.63) is 101 Å². The standard InChI is InChI=1S/C28H26N2O2S/c1-19-8-6-12-24-26(19)30(27(33)28(24,2)3)32-17-20-9-7-11-23(16-20)31-18-22-15-14-21-10-4-5-13-25(21)29-22/h4-16H,17-18H2,1-3H3. The number of para-hydroxylation sites is 2. The number of thiocarbonyl (C=S) groups is 1. The number of ether oxygens (including phenoxy) is 1. The molecule has 1 aromatic heterocycles. The second kappa shape index (κ2) is 8.58. The van der Waals surface area contributed by atoms with E-state index in [1.165, 1.54) is 5.56 Å². The lowest BCUT2D eigenvalue weighted by Crippen LogP contribution is -2.34. The van der Waals surface area contributed by atoms with Crippen LogP contribution in [0.1, 0.15) is 36.2 Å². The van der Waals surface area contributed by atoms with Crippen molar-refractivity contribution in [3.8, 4) is 5.75 Å². The van der Waals surface area contributed by atoms with Crippen molar-refractivity contribution in [3.63, 3.8) is 0 Å². The number of aromatic nitrogens is 1. The van der Waals surface area contributed by atoms with E-state index in [2.05, 4.69) is 56.1 Å². The molecule has 0 saturated heterocycles. The zero-order valence-corrected chi connectivity index (χ0v) is 19.9. The van der Waals surface area contributed by atoms with Crippen molar-refractivity contribution in [2.75, 3.05) is 5.06 Å². The van der Waals surface area contributed by atoms with Gasteiger partial charge in [-0.25, -0.2) is 10.0 Å². The first kappa shape index (κ1) is 21.6. The number of nitrogens with zero attached hydrogens (tertiary/aromatic N) is 2. The molecular weight excluding hydrogens is 428 g/mol. The number of hydrogen-bond donors (Lipinski definition) is 0. The van der Waals surface area contributed by atoms with Crippen LogP contribution in [0.4, 0.5) is 5.69 Å². The third-order valence-electron chi connectivity index (χ3n) is 6.13. The SMILES string of the molecule is Cc1cccc2c1N(OCc1cccc(OCc3ccc4ccccc4n3)c1)C(=S)C2(C)C. The molecular formula is C28H26N2O2S. The molecule has 4 aromatic rings. The van der Waals surface area contributed by atoms with Crippen LogP contribution < -0.4 is 9.80 Å². The maximum absolute atomic E-state index is 6.23. The van der Waals surface area contributed by atoms with E-state index in [4.69, 9.17) is 21.8 Å². The molecule has 1 aliphatic heterocycles. The van der Waals surface area contributed by atoms with Crippen LogP contribution in [0.5, 0.6) is 5.75 Å². The highest BCUT2D eigenvalue weighted by Gasteiger charge is 2.42. The number of hydrogen-bond acceptors (Lipinski definition) is 4. The number of aryl methyl sites for hydroxylation is 1. The molecule has 0 amide bonds. The molecule has 0 saturated carbocycles. The summed E-state index contributed by atoms with van der Waals surface area (Å²) in [7, 11) is 0. The number of anilines is 1. The summed E-state index contributed by atoms with van der Waals surface area (Å²) in [6, 6.07) is 26.4. The van der Waals surface area contributed by atoms with E-state index < -0.39 is 0 Å². The number of rotatable bonds is 6. The number of benzene rings is 3. The third-order valence-corrected chi connectivity index (χ3v) is 6.81. The molecule has 5 rings (SSSR count). The van der Waals surface area contributed by atoms with Crippen LogP contribution in [0.15, 0.2) is 78.9 Å². The summed E-state index contributed by atoms with van der Waals surface area (Å²) >= 11 is 5.78. The van der Waals surface area contributed by atoms with Crippen molar-refractivity contribution in [1.29, 1.82) is 0 Å². The molecule has 0 bridgehead atoms. The Labute approximate surface area is 199 Å². The largest absolute Gasteiger partial charge is 0.487 e. The van der Waals surface area contributed by atoms with Gasteiger partial charge in [0.15, 0.2) is 0 Å². The molecule has 2 heterocycles. The lowest BCUT2D eigenvalue weighted by atomic mass is 9.86. The molecule has 0 aliphatic carbocycles. The molecule has 1 aliphatic rings. The van der Waals surface area contributed by atoms with Gasteiger partial charge in [0.1, 0.15) is 24.0 Å². The summed E-state index contributed by atoms with van der Waals surface area (Å²) in [4.78, 5) is 11.7. The molecule has 33 heavy (non-hydrogen) atoms. The molecule has 0 unspecified atom stereocenters. The van der Waals surface area contributed by atoms with Crippen molar-refractivity contribution >= 4 is 33.8 Å². The van der Waals surface area contributed by atoms with Gasteiger partial charge in [-0.05, 0) is 61.7 Å². The van der Waals surface area contributed by atoms with Gasteiger partial charge in [-0.3, -0.25) is 4.84 Å². The maximum atomic E-state index is 6.23. The second-order valence-electron chi connectivity index (χ2n) is 8.90. The maximum Gasteiger partial charge on any atom is 0.130 e. The molecule has 0 spiro atoms. The van der Waals surface area contributed by atoms with E-state index in [1.807, 2.05) is 53.6 Å². The van der Waals surface area contributed by atoms with Crippen LogP contribution in [0, 0.1) is 6.92 Å². The average molecular weight is 455 g/mol. The quantitative estimate of drug-likeness (QED) is 0.304. The van der Waals surface area contributed by atoms with Gasteiger partial charge in [-0.15, -0.1) is 0 Å². The summed E-state index contributed by atoms with van der Waals surface area (Å²) < 4.78 is 6.03. The summed E-state index contributed by atoms with van der Waals surface area (Å²) in [5.74, 6) is 0.784. The molecule has 0 atom stereocenters. The van der Waals surface area contributed by atoms with Gasteiger partial charge in [-0.1, -0.05) is 66.8 Å². The van der Waals surface area contributed by atoms with E-state index in [0.29, 0.717) is 13.2 Å². The van der Waals surface area contributed by atoms with Gasteiger partial charge < -0.3 is 4.74 Å². The highest BCUT2D eigenvalue weighted by molar-refractivity contribution is 7.80. The number of hydroxylamine groups is 1. The Morgan fingerprint density at radius 1 is 0.909 bits per heavy atom. The Kier molecular flexibility index (Phi) is 5.60. The van der Waals surface area contributed by atoms with Gasteiger partial charge in [0.05, 0.1) is 16.9 Å². The Balaban J connectivity index is 1.28.